The Balaban J connectivity index is 2.00. The van der Waals surface area contributed by atoms with Crippen LogP contribution in [-0.2, 0) is 0 Å². The molecule has 1 aliphatic rings. The van der Waals surface area contributed by atoms with Crippen molar-refractivity contribution in [3.05, 3.63) is 41.0 Å². The van der Waals surface area contributed by atoms with E-state index in [1.807, 2.05) is 35.1 Å². The van der Waals surface area contributed by atoms with E-state index in [9.17, 15) is 4.79 Å². The highest BCUT2D eigenvalue weighted by Crippen LogP contribution is 2.31. The summed E-state index contributed by atoms with van der Waals surface area (Å²) >= 11 is 5.89. The summed E-state index contributed by atoms with van der Waals surface area (Å²) in [4.78, 5) is 11.2. The molecule has 1 aliphatic carbocycles. The number of carbonyl (C=O) groups is 1. The zero-order valence-electron chi connectivity index (χ0n) is 10.6. The van der Waals surface area contributed by atoms with Crippen LogP contribution in [0.5, 0.6) is 0 Å². The Kier molecular flexibility index (Phi) is 3.38. The molecule has 0 radical (unpaired) electrons. The number of benzene rings is 1. The number of rotatable bonds is 3. The molecule has 1 aromatic carbocycles. The van der Waals surface area contributed by atoms with Gasteiger partial charge in [-0.15, -0.1) is 0 Å². The predicted octanol–water partition coefficient (Wildman–Crippen LogP) is 4.13. The lowest BCUT2D eigenvalue weighted by Crippen LogP contribution is -2.04. The number of carbonyl (C=O) groups excluding carboxylic acids is 1. The highest BCUT2D eigenvalue weighted by molar-refractivity contribution is 6.30. The Labute approximate surface area is 117 Å². The van der Waals surface area contributed by atoms with Gasteiger partial charge in [0.15, 0.2) is 6.29 Å². The molecule has 98 valence electrons. The Morgan fingerprint density at radius 2 is 1.89 bits per heavy atom. The second-order valence-electron chi connectivity index (χ2n) is 4.98. The highest BCUT2D eigenvalue weighted by Gasteiger charge is 2.20. The van der Waals surface area contributed by atoms with E-state index in [0.717, 1.165) is 30.4 Å². The zero-order valence-corrected chi connectivity index (χ0v) is 11.3. The zero-order chi connectivity index (χ0) is 13.2. The van der Waals surface area contributed by atoms with Crippen molar-refractivity contribution >= 4 is 17.9 Å². The van der Waals surface area contributed by atoms with Crippen LogP contribution in [0, 0.1) is 0 Å². The van der Waals surface area contributed by atoms with Gasteiger partial charge < -0.3 is 0 Å². The average Bonchev–Trinajstić information content (AvgIpc) is 3.08. The summed E-state index contributed by atoms with van der Waals surface area (Å²) in [5.74, 6) is 0. The molecule has 0 N–H and O–H groups in total. The van der Waals surface area contributed by atoms with Gasteiger partial charge in [0.25, 0.3) is 0 Å². The predicted molar refractivity (Wildman–Crippen MR) is 75.6 cm³/mol. The maximum Gasteiger partial charge on any atom is 0.153 e. The fraction of sp³-hybridized carbons (Fsp3) is 0.333. The van der Waals surface area contributed by atoms with E-state index in [2.05, 4.69) is 5.10 Å². The molecular weight excluding hydrogens is 260 g/mol. The van der Waals surface area contributed by atoms with E-state index in [1.165, 1.54) is 12.8 Å². The Bertz CT molecular complexity index is 583. The molecule has 3 rings (SSSR count). The van der Waals surface area contributed by atoms with Gasteiger partial charge in [0, 0.05) is 16.8 Å². The number of hydrogen-bond donors (Lipinski definition) is 0. The number of aromatic nitrogens is 2. The van der Waals surface area contributed by atoms with Crippen molar-refractivity contribution in [2.45, 2.75) is 31.7 Å². The Morgan fingerprint density at radius 1 is 1.21 bits per heavy atom. The van der Waals surface area contributed by atoms with Crippen molar-refractivity contribution in [3.63, 3.8) is 0 Å². The lowest BCUT2D eigenvalue weighted by molar-refractivity contribution is 0.112. The topological polar surface area (TPSA) is 34.9 Å². The van der Waals surface area contributed by atoms with Crippen LogP contribution in [0.3, 0.4) is 0 Å². The molecule has 0 saturated heterocycles. The van der Waals surface area contributed by atoms with Crippen LogP contribution in [-0.4, -0.2) is 16.1 Å². The normalized spacial score (nSPS) is 15.8. The fourth-order valence-electron chi connectivity index (χ4n) is 2.68. The molecule has 1 aromatic heterocycles. The van der Waals surface area contributed by atoms with Crippen molar-refractivity contribution in [2.75, 3.05) is 0 Å². The van der Waals surface area contributed by atoms with Crippen LogP contribution in [0.15, 0.2) is 30.5 Å². The van der Waals surface area contributed by atoms with Crippen LogP contribution >= 0.6 is 11.6 Å². The van der Waals surface area contributed by atoms with E-state index in [0.29, 0.717) is 16.6 Å². The minimum Gasteiger partial charge on any atom is -0.298 e. The summed E-state index contributed by atoms with van der Waals surface area (Å²) in [5.41, 5.74) is 2.33. The van der Waals surface area contributed by atoms with Gasteiger partial charge in [0.1, 0.15) is 5.69 Å². The molecule has 1 fully saturated rings. The monoisotopic (exact) mass is 274 g/mol. The van der Waals surface area contributed by atoms with Crippen molar-refractivity contribution in [3.8, 4) is 11.3 Å². The number of halogens is 1. The van der Waals surface area contributed by atoms with E-state index in [4.69, 9.17) is 11.6 Å². The molecule has 0 atom stereocenters. The minimum absolute atomic E-state index is 0.444. The molecule has 1 saturated carbocycles. The third kappa shape index (κ3) is 2.43. The second-order valence-corrected chi connectivity index (χ2v) is 5.41. The van der Waals surface area contributed by atoms with Gasteiger partial charge in [-0.3, -0.25) is 9.48 Å². The third-order valence-corrected chi connectivity index (χ3v) is 3.96. The van der Waals surface area contributed by atoms with Crippen LogP contribution in [0.25, 0.3) is 11.3 Å². The summed E-state index contributed by atoms with van der Waals surface area (Å²) in [5, 5.41) is 5.29. The molecule has 0 aliphatic heterocycles. The molecule has 4 heteroatoms. The van der Waals surface area contributed by atoms with Crippen molar-refractivity contribution in [1.29, 1.82) is 0 Å². The van der Waals surface area contributed by atoms with E-state index in [1.54, 1.807) is 0 Å². The lowest BCUT2D eigenvalue weighted by Gasteiger charge is -2.08. The number of hydrogen-bond acceptors (Lipinski definition) is 2. The minimum atomic E-state index is 0.444. The first-order valence-corrected chi connectivity index (χ1v) is 6.96. The van der Waals surface area contributed by atoms with Gasteiger partial charge in [-0.25, -0.2) is 0 Å². The number of aldehydes is 1. The molecular formula is C15H15ClN2O. The van der Waals surface area contributed by atoms with Gasteiger partial charge in [-0.1, -0.05) is 36.6 Å². The van der Waals surface area contributed by atoms with E-state index < -0.39 is 0 Å². The molecule has 0 amide bonds. The molecule has 1 heterocycles. The average molecular weight is 275 g/mol. The standard InChI is InChI=1S/C15H15ClN2O/c16-13-7-5-11(6-8-13)15-12(10-19)9-18(17-15)14-3-1-2-4-14/h5-10,14H,1-4H2. The van der Waals surface area contributed by atoms with Gasteiger partial charge >= 0.3 is 0 Å². The largest absolute Gasteiger partial charge is 0.298 e. The SMILES string of the molecule is O=Cc1cn(C2CCCC2)nc1-c1ccc(Cl)cc1. The quantitative estimate of drug-likeness (QED) is 0.789. The smallest absolute Gasteiger partial charge is 0.153 e. The molecule has 0 bridgehead atoms. The molecule has 3 nitrogen and oxygen atoms in total. The Morgan fingerprint density at radius 3 is 2.53 bits per heavy atom. The Hall–Kier alpha value is -1.61. The first-order valence-electron chi connectivity index (χ1n) is 6.58. The highest BCUT2D eigenvalue weighted by atomic mass is 35.5. The summed E-state index contributed by atoms with van der Waals surface area (Å²) in [7, 11) is 0. The first-order chi connectivity index (χ1) is 9.28. The fourth-order valence-corrected chi connectivity index (χ4v) is 2.81. The van der Waals surface area contributed by atoms with Gasteiger partial charge in [-0.05, 0) is 25.0 Å². The summed E-state index contributed by atoms with van der Waals surface area (Å²) < 4.78 is 1.96. The molecule has 2 aromatic rings. The third-order valence-electron chi connectivity index (χ3n) is 3.70. The van der Waals surface area contributed by atoms with Crippen LogP contribution in [0.1, 0.15) is 42.1 Å². The maximum absolute atomic E-state index is 11.2. The molecule has 0 spiro atoms. The van der Waals surface area contributed by atoms with E-state index >= 15 is 0 Å². The maximum atomic E-state index is 11.2. The molecule has 19 heavy (non-hydrogen) atoms. The van der Waals surface area contributed by atoms with Gasteiger partial charge in [0.2, 0.25) is 0 Å². The van der Waals surface area contributed by atoms with Gasteiger partial charge in [-0.2, -0.15) is 5.10 Å². The summed E-state index contributed by atoms with van der Waals surface area (Å²) in [6.45, 7) is 0. The van der Waals surface area contributed by atoms with Gasteiger partial charge in [0.05, 0.1) is 11.6 Å². The van der Waals surface area contributed by atoms with E-state index in [-0.39, 0.29) is 0 Å². The van der Waals surface area contributed by atoms with Crippen LogP contribution in [0.2, 0.25) is 5.02 Å². The first kappa shape index (κ1) is 12.4. The van der Waals surface area contributed by atoms with Crippen LogP contribution in [0.4, 0.5) is 0 Å². The van der Waals surface area contributed by atoms with Crippen molar-refractivity contribution in [1.82, 2.24) is 9.78 Å². The lowest BCUT2D eigenvalue weighted by atomic mass is 10.1. The second kappa shape index (κ2) is 5.17. The summed E-state index contributed by atoms with van der Waals surface area (Å²) in [6, 6.07) is 7.88. The van der Waals surface area contributed by atoms with Crippen molar-refractivity contribution in [2.24, 2.45) is 0 Å². The van der Waals surface area contributed by atoms with Crippen molar-refractivity contribution < 1.29 is 4.79 Å². The van der Waals surface area contributed by atoms with Crippen LogP contribution < -0.4 is 0 Å². The molecule has 0 unspecified atom stereocenters. The summed E-state index contributed by atoms with van der Waals surface area (Å²) in [6.07, 6.45) is 7.55. The number of nitrogens with zero attached hydrogens (tertiary/aromatic N) is 2.